The summed E-state index contributed by atoms with van der Waals surface area (Å²) in [5, 5.41) is 27.0. The highest BCUT2D eigenvalue weighted by Crippen LogP contribution is 2.38. The van der Waals surface area contributed by atoms with E-state index >= 15 is 0 Å². The average Bonchev–Trinajstić information content (AvgIpc) is 3.89. The van der Waals surface area contributed by atoms with E-state index in [1.807, 2.05) is 42.5 Å². The second-order valence-corrected chi connectivity index (χ2v) is 14.0. The Kier molecular flexibility index (Phi) is 6.61. The fraction of sp³-hybridized carbons (Fsp3) is 0. The number of benzene rings is 8. The Morgan fingerprint density at radius 2 is 0.782 bits per heavy atom. The van der Waals surface area contributed by atoms with Crippen LogP contribution in [0.5, 0.6) is 0 Å². The summed E-state index contributed by atoms with van der Waals surface area (Å²) >= 11 is 0. The third-order valence-corrected chi connectivity index (χ3v) is 11.1. The van der Waals surface area contributed by atoms with Gasteiger partial charge in [0.25, 0.3) is 0 Å². The molecule has 11 rings (SSSR count). The van der Waals surface area contributed by atoms with Crippen LogP contribution in [0.4, 0.5) is 0 Å². The van der Waals surface area contributed by atoms with E-state index in [-0.39, 0.29) is 0 Å². The van der Waals surface area contributed by atoms with Crippen LogP contribution >= 0.6 is 0 Å². The summed E-state index contributed by atoms with van der Waals surface area (Å²) in [6.07, 6.45) is 0. The molecule has 0 fully saturated rings. The maximum atomic E-state index is 10.5. The zero-order chi connectivity index (χ0) is 36.6. The molecular weight excluding hydrogens is 671 g/mol. The number of nitriles is 2. The number of para-hydroxylation sites is 4. The minimum Gasteiger partial charge on any atom is -0.309 e. The van der Waals surface area contributed by atoms with Crippen molar-refractivity contribution in [3.05, 3.63) is 187 Å². The van der Waals surface area contributed by atoms with Gasteiger partial charge < -0.3 is 13.7 Å². The first-order valence-electron chi connectivity index (χ1n) is 18.3. The van der Waals surface area contributed by atoms with Crippen LogP contribution in [-0.2, 0) is 0 Å². The van der Waals surface area contributed by atoms with Crippen molar-refractivity contribution < 1.29 is 0 Å². The van der Waals surface area contributed by atoms with Gasteiger partial charge in [-0.3, -0.25) is 0 Å². The number of fused-ring (bicyclic) bond motifs is 9. The molecule has 5 heteroatoms. The van der Waals surface area contributed by atoms with Crippen LogP contribution in [0.1, 0.15) is 11.1 Å². The third kappa shape index (κ3) is 4.51. The number of hydrogen-bond donors (Lipinski definition) is 0. The molecule has 0 aliphatic rings. The molecular formula is C50H29N5. The third-order valence-electron chi connectivity index (χ3n) is 11.1. The summed E-state index contributed by atoms with van der Waals surface area (Å²) in [4.78, 5) is 0. The molecule has 11 aromatic rings. The van der Waals surface area contributed by atoms with Crippen LogP contribution in [0.3, 0.4) is 0 Å². The largest absolute Gasteiger partial charge is 0.309 e. The fourth-order valence-corrected chi connectivity index (χ4v) is 8.68. The van der Waals surface area contributed by atoms with Gasteiger partial charge in [0.15, 0.2) is 0 Å². The number of aromatic nitrogens is 3. The summed E-state index contributed by atoms with van der Waals surface area (Å²) in [5.41, 5.74) is 12.8. The van der Waals surface area contributed by atoms with E-state index in [0.717, 1.165) is 61.0 Å². The van der Waals surface area contributed by atoms with Gasteiger partial charge in [-0.2, -0.15) is 10.5 Å². The zero-order valence-electron chi connectivity index (χ0n) is 29.5. The van der Waals surface area contributed by atoms with E-state index in [2.05, 4.69) is 159 Å². The number of hydrogen-bond acceptors (Lipinski definition) is 2. The highest BCUT2D eigenvalue weighted by molar-refractivity contribution is 6.13. The summed E-state index contributed by atoms with van der Waals surface area (Å²) in [6.45, 7) is 0. The number of rotatable bonds is 4. The molecule has 254 valence electrons. The lowest BCUT2D eigenvalue weighted by atomic mass is 10.0. The predicted octanol–water partition coefficient (Wildman–Crippen LogP) is 12.4. The smallest absolute Gasteiger partial charge is 0.101 e. The topological polar surface area (TPSA) is 62.4 Å². The van der Waals surface area contributed by atoms with Gasteiger partial charge >= 0.3 is 0 Å². The fourth-order valence-electron chi connectivity index (χ4n) is 8.68. The second kappa shape index (κ2) is 11.8. The lowest BCUT2D eigenvalue weighted by Crippen LogP contribution is -1.98. The number of nitrogens with zero attached hydrogens (tertiary/aromatic N) is 5. The molecule has 0 aliphatic carbocycles. The Morgan fingerprint density at radius 1 is 0.327 bits per heavy atom. The Balaban J connectivity index is 1.01. The van der Waals surface area contributed by atoms with Crippen molar-refractivity contribution in [2.24, 2.45) is 0 Å². The van der Waals surface area contributed by atoms with Crippen LogP contribution in [0.25, 0.3) is 93.6 Å². The van der Waals surface area contributed by atoms with Crippen molar-refractivity contribution >= 4 is 65.4 Å². The standard InChI is InChI=1S/C50H29N5/c51-30-32-17-24-50-42(27-32)40-11-4-8-16-48(40)55(50)44-25-20-34(28-35(44)31-52)33-18-21-36(22-19-33)53-47-15-7-3-12-41(47)43-29-37(23-26-49(43)53)54-45-13-5-1-9-38(45)39-10-2-6-14-46(39)54/h1-29H. The summed E-state index contributed by atoms with van der Waals surface area (Å²) in [7, 11) is 0. The first-order chi connectivity index (χ1) is 27.2. The molecule has 0 N–H and O–H groups in total. The van der Waals surface area contributed by atoms with Crippen LogP contribution in [0.2, 0.25) is 0 Å². The molecule has 0 spiro atoms. The van der Waals surface area contributed by atoms with Gasteiger partial charge in [0.2, 0.25) is 0 Å². The molecule has 3 heterocycles. The summed E-state index contributed by atoms with van der Waals surface area (Å²) in [5.74, 6) is 0. The van der Waals surface area contributed by atoms with E-state index < -0.39 is 0 Å². The molecule has 0 radical (unpaired) electrons. The highest BCUT2D eigenvalue weighted by atomic mass is 15.0. The van der Waals surface area contributed by atoms with Gasteiger partial charge in [-0.25, -0.2) is 0 Å². The van der Waals surface area contributed by atoms with Gasteiger partial charge in [0, 0.05) is 43.7 Å². The first kappa shape index (κ1) is 30.7. The van der Waals surface area contributed by atoms with E-state index in [9.17, 15) is 10.5 Å². The van der Waals surface area contributed by atoms with Gasteiger partial charge in [-0.15, -0.1) is 0 Å². The minimum atomic E-state index is 0.579. The minimum absolute atomic E-state index is 0.579. The molecule has 5 nitrogen and oxygen atoms in total. The van der Waals surface area contributed by atoms with Crippen LogP contribution in [0.15, 0.2) is 176 Å². The van der Waals surface area contributed by atoms with Crippen molar-refractivity contribution in [3.63, 3.8) is 0 Å². The predicted molar refractivity (Wildman–Crippen MR) is 224 cm³/mol. The van der Waals surface area contributed by atoms with E-state index in [1.54, 1.807) is 0 Å². The first-order valence-corrected chi connectivity index (χ1v) is 18.3. The van der Waals surface area contributed by atoms with Crippen molar-refractivity contribution in [1.82, 2.24) is 13.7 Å². The molecule has 0 unspecified atom stereocenters. The molecule has 55 heavy (non-hydrogen) atoms. The second-order valence-electron chi connectivity index (χ2n) is 14.0. The van der Waals surface area contributed by atoms with Gasteiger partial charge in [0.05, 0.1) is 56.0 Å². The van der Waals surface area contributed by atoms with Crippen molar-refractivity contribution in [3.8, 4) is 40.3 Å². The normalized spacial score (nSPS) is 11.6. The molecule has 3 aromatic heterocycles. The monoisotopic (exact) mass is 699 g/mol. The Morgan fingerprint density at radius 3 is 1.38 bits per heavy atom. The summed E-state index contributed by atoms with van der Waals surface area (Å²) in [6, 6.07) is 66.0. The molecule has 0 saturated heterocycles. The van der Waals surface area contributed by atoms with E-state index in [4.69, 9.17) is 0 Å². The maximum Gasteiger partial charge on any atom is 0.101 e. The van der Waals surface area contributed by atoms with Crippen molar-refractivity contribution in [2.45, 2.75) is 0 Å². The average molecular weight is 700 g/mol. The Bertz CT molecular complexity index is 3400. The van der Waals surface area contributed by atoms with Crippen LogP contribution in [0, 0.1) is 22.7 Å². The van der Waals surface area contributed by atoms with Gasteiger partial charge in [0.1, 0.15) is 6.07 Å². The molecule has 0 bridgehead atoms. The maximum absolute atomic E-state index is 10.5. The molecule has 0 atom stereocenters. The van der Waals surface area contributed by atoms with Crippen LogP contribution in [-0.4, -0.2) is 13.7 Å². The Labute approximate surface area is 316 Å². The highest BCUT2D eigenvalue weighted by Gasteiger charge is 2.18. The van der Waals surface area contributed by atoms with Crippen molar-refractivity contribution in [1.29, 1.82) is 10.5 Å². The molecule has 0 aliphatic heterocycles. The van der Waals surface area contributed by atoms with E-state index in [0.29, 0.717) is 11.1 Å². The van der Waals surface area contributed by atoms with E-state index in [1.165, 1.54) is 32.6 Å². The van der Waals surface area contributed by atoms with Crippen LogP contribution < -0.4 is 0 Å². The van der Waals surface area contributed by atoms with Crippen molar-refractivity contribution in [2.75, 3.05) is 0 Å². The molecule has 0 amide bonds. The molecule has 0 saturated carbocycles. The lowest BCUT2D eigenvalue weighted by molar-refractivity contribution is 1.16. The summed E-state index contributed by atoms with van der Waals surface area (Å²) < 4.78 is 6.84. The SMILES string of the molecule is N#Cc1ccc2c(c1)c1ccccc1n2-c1ccc(-c2ccc(-n3c4ccccc4c4cc(-n5c6ccccc6c6ccccc65)ccc43)cc2)cc1C#N. The molecule has 8 aromatic carbocycles. The zero-order valence-corrected chi connectivity index (χ0v) is 29.5. The Hall–Kier alpha value is -7.86. The van der Waals surface area contributed by atoms with Gasteiger partial charge in [-0.05, 0) is 96.1 Å². The quantitative estimate of drug-likeness (QED) is 0.184. The lowest BCUT2D eigenvalue weighted by Gasteiger charge is -2.13. The van der Waals surface area contributed by atoms with Gasteiger partial charge in [-0.1, -0.05) is 91.0 Å².